The van der Waals surface area contributed by atoms with E-state index >= 15 is 0 Å². The van der Waals surface area contributed by atoms with E-state index in [1.54, 1.807) is 23.1 Å². The van der Waals surface area contributed by atoms with Crippen LogP contribution in [-0.2, 0) is 6.54 Å². The molecule has 0 spiro atoms. The van der Waals surface area contributed by atoms with E-state index in [1.165, 1.54) is 12.1 Å². The van der Waals surface area contributed by atoms with Crippen LogP contribution in [0.5, 0.6) is 11.5 Å². The second-order valence-electron chi connectivity index (χ2n) is 5.97. The summed E-state index contributed by atoms with van der Waals surface area (Å²) in [5.74, 6) is -0.325. The van der Waals surface area contributed by atoms with Crippen LogP contribution < -0.4 is 9.47 Å². The standard InChI is InChI=1S/C18H15F2NO3/c19-13-3-1-12(15(20)8-13)9-21(14-4-5-14)18(22)11-2-6-16-17(7-11)24-10-23-16/h1-3,6-8,14H,4-5,9-10H2. The summed E-state index contributed by atoms with van der Waals surface area (Å²) in [6, 6.07) is 8.52. The lowest BCUT2D eigenvalue weighted by Gasteiger charge is -2.23. The van der Waals surface area contributed by atoms with Crippen LogP contribution >= 0.6 is 0 Å². The summed E-state index contributed by atoms with van der Waals surface area (Å²) in [4.78, 5) is 14.5. The van der Waals surface area contributed by atoms with Crippen LogP contribution in [0, 0.1) is 11.6 Å². The van der Waals surface area contributed by atoms with Crippen molar-refractivity contribution >= 4 is 5.91 Å². The Hall–Kier alpha value is -2.63. The van der Waals surface area contributed by atoms with Crippen LogP contribution in [0.25, 0.3) is 0 Å². The normalized spacial score (nSPS) is 15.4. The number of fused-ring (bicyclic) bond motifs is 1. The number of carbonyl (C=O) groups excluding carboxylic acids is 1. The molecule has 1 fully saturated rings. The average molecular weight is 331 g/mol. The Labute approximate surface area is 137 Å². The predicted octanol–water partition coefficient (Wildman–Crippen LogP) is 3.50. The first-order valence-corrected chi connectivity index (χ1v) is 7.76. The SMILES string of the molecule is O=C(c1ccc2c(c1)OCO2)N(Cc1ccc(F)cc1F)C1CC1. The maximum atomic E-state index is 13.9. The zero-order chi connectivity index (χ0) is 16.7. The van der Waals surface area contributed by atoms with Gasteiger partial charge in [0.2, 0.25) is 6.79 Å². The van der Waals surface area contributed by atoms with E-state index in [1.807, 2.05) is 0 Å². The van der Waals surface area contributed by atoms with Gasteiger partial charge in [0.15, 0.2) is 11.5 Å². The fourth-order valence-corrected chi connectivity index (χ4v) is 2.78. The third-order valence-electron chi connectivity index (χ3n) is 4.22. The predicted molar refractivity (Wildman–Crippen MR) is 81.8 cm³/mol. The third-order valence-corrected chi connectivity index (χ3v) is 4.22. The summed E-state index contributed by atoms with van der Waals surface area (Å²) in [5.41, 5.74) is 0.770. The monoisotopic (exact) mass is 331 g/mol. The van der Waals surface area contributed by atoms with Gasteiger partial charge in [0, 0.05) is 29.8 Å². The van der Waals surface area contributed by atoms with Crippen molar-refractivity contribution in [3.63, 3.8) is 0 Å². The molecule has 1 aliphatic heterocycles. The quantitative estimate of drug-likeness (QED) is 0.861. The maximum absolute atomic E-state index is 13.9. The molecule has 2 aromatic rings. The summed E-state index contributed by atoms with van der Waals surface area (Å²) in [6.07, 6.45) is 1.78. The van der Waals surface area contributed by atoms with Crippen LogP contribution in [0.15, 0.2) is 36.4 Å². The fourth-order valence-electron chi connectivity index (χ4n) is 2.78. The number of ether oxygens (including phenoxy) is 2. The first-order valence-electron chi connectivity index (χ1n) is 7.76. The van der Waals surface area contributed by atoms with Gasteiger partial charge >= 0.3 is 0 Å². The van der Waals surface area contributed by atoms with Crippen molar-refractivity contribution in [2.75, 3.05) is 6.79 Å². The zero-order valence-corrected chi connectivity index (χ0v) is 12.8. The number of hydrogen-bond donors (Lipinski definition) is 0. The molecular formula is C18H15F2NO3. The second-order valence-corrected chi connectivity index (χ2v) is 5.97. The van der Waals surface area contributed by atoms with E-state index < -0.39 is 11.6 Å². The van der Waals surface area contributed by atoms with E-state index in [2.05, 4.69) is 0 Å². The molecule has 6 heteroatoms. The number of carbonyl (C=O) groups is 1. The molecule has 2 aromatic carbocycles. The van der Waals surface area contributed by atoms with Crippen LogP contribution in [0.2, 0.25) is 0 Å². The van der Waals surface area contributed by atoms with Crippen molar-refractivity contribution in [1.82, 2.24) is 4.90 Å². The number of amides is 1. The molecule has 124 valence electrons. The number of benzene rings is 2. The van der Waals surface area contributed by atoms with E-state index in [9.17, 15) is 13.6 Å². The minimum Gasteiger partial charge on any atom is -0.454 e. The molecule has 0 N–H and O–H groups in total. The van der Waals surface area contributed by atoms with Gasteiger partial charge in [-0.3, -0.25) is 4.79 Å². The Kier molecular flexibility index (Phi) is 3.59. The highest BCUT2D eigenvalue weighted by Crippen LogP contribution is 2.35. The zero-order valence-electron chi connectivity index (χ0n) is 12.8. The highest BCUT2D eigenvalue weighted by molar-refractivity contribution is 5.95. The van der Waals surface area contributed by atoms with Gasteiger partial charge in [-0.1, -0.05) is 6.07 Å². The first-order chi connectivity index (χ1) is 11.6. The largest absolute Gasteiger partial charge is 0.454 e. The molecule has 1 amide bonds. The van der Waals surface area contributed by atoms with Crippen LogP contribution in [-0.4, -0.2) is 23.6 Å². The Morgan fingerprint density at radius 1 is 1.08 bits per heavy atom. The molecule has 0 saturated heterocycles. The molecule has 1 heterocycles. The van der Waals surface area contributed by atoms with Gasteiger partial charge in [0.25, 0.3) is 5.91 Å². The molecule has 0 unspecified atom stereocenters. The smallest absolute Gasteiger partial charge is 0.254 e. The fraction of sp³-hybridized carbons (Fsp3) is 0.278. The topological polar surface area (TPSA) is 38.8 Å². The van der Waals surface area contributed by atoms with E-state index in [-0.39, 0.29) is 25.3 Å². The summed E-state index contributed by atoms with van der Waals surface area (Å²) in [6.45, 7) is 0.254. The van der Waals surface area contributed by atoms with Crippen molar-refractivity contribution < 1.29 is 23.0 Å². The Bertz CT molecular complexity index is 805. The van der Waals surface area contributed by atoms with Crippen molar-refractivity contribution in [1.29, 1.82) is 0 Å². The van der Waals surface area contributed by atoms with Gasteiger partial charge in [0.1, 0.15) is 11.6 Å². The molecular weight excluding hydrogens is 316 g/mol. The lowest BCUT2D eigenvalue weighted by molar-refractivity contribution is 0.0728. The van der Waals surface area contributed by atoms with Gasteiger partial charge in [-0.2, -0.15) is 0 Å². The Morgan fingerprint density at radius 3 is 2.62 bits per heavy atom. The van der Waals surface area contributed by atoms with Crippen molar-refractivity contribution in [3.05, 3.63) is 59.2 Å². The lowest BCUT2D eigenvalue weighted by atomic mass is 10.1. The molecule has 1 saturated carbocycles. The minimum atomic E-state index is -0.640. The molecule has 0 bridgehead atoms. The van der Waals surface area contributed by atoms with E-state index in [0.717, 1.165) is 18.9 Å². The minimum absolute atomic E-state index is 0.0902. The van der Waals surface area contributed by atoms with Gasteiger partial charge < -0.3 is 14.4 Å². The van der Waals surface area contributed by atoms with Crippen molar-refractivity contribution in [2.45, 2.75) is 25.4 Å². The Morgan fingerprint density at radius 2 is 1.88 bits per heavy atom. The summed E-state index contributed by atoms with van der Waals surface area (Å²) in [7, 11) is 0. The number of nitrogens with zero attached hydrogens (tertiary/aromatic N) is 1. The molecule has 0 radical (unpaired) electrons. The first kappa shape index (κ1) is 14.9. The molecule has 24 heavy (non-hydrogen) atoms. The van der Waals surface area contributed by atoms with E-state index in [0.29, 0.717) is 22.6 Å². The highest BCUT2D eigenvalue weighted by atomic mass is 19.1. The molecule has 1 aliphatic carbocycles. The summed E-state index contributed by atoms with van der Waals surface area (Å²) < 4.78 is 37.5. The summed E-state index contributed by atoms with van der Waals surface area (Å²) >= 11 is 0. The van der Waals surface area contributed by atoms with Crippen molar-refractivity contribution in [3.8, 4) is 11.5 Å². The van der Waals surface area contributed by atoms with Crippen molar-refractivity contribution in [2.24, 2.45) is 0 Å². The average Bonchev–Trinajstić information content (AvgIpc) is 3.30. The van der Waals surface area contributed by atoms with Crippen LogP contribution in [0.3, 0.4) is 0 Å². The second kappa shape index (κ2) is 5.78. The number of halogens is 2. The van der Waals surface area contributed by atoms with Gasteiger partial charge in [0.05, 0.1) is 0 Å². The molecule has 2 aliphatic rings. The van der Waals surface area contributed by atoms with Gasteiger partial charge in [-0.25, -0.2) is 8.78 Å². The third kappa shape index (κ3) is 2.79. The van der Waals surface area contributed by atoms with E-state index in [4.69, 9.17) is 9.47 Å². The number of hydrogen-bond acceptors (Lipinski definition) is 3. The Balaban J connectivity index is 1.60. The summed E-state index contributed by atoms with van der Waals surface area (Å²) in [5, 5.41) is 0. The van der Waals surface area contributed by atoms with Crippen LogP contribution in [0.4, 0.5) is 8.78 Å². The van der Waals surface area contributed by atoms with Gasteiger partial charge in [-0.15, -0.1) is 0 Å². The number of rotatable bonds is 4. The highest BCUT2D eigenvalue weighted by Gasteiger charge is 2.34. The van der Waals surface area contributed by atoms with Gasteiger partial charge in [-0.05, 0) is 37.1 Å². The molecule has 4 nitrogen and oxygen atoms in total. The maximum Gasteiger partial charge on any atom is 0.254 e. The molecule has 4 rings (SSSR count). The van der Waals surface area contributed by atoms with Crippen LogP contribution in [0.1, 0.15) is 28.8 Å². The lowest BCUT2D eigenvalue weighted by Crippen LogP contribution is -2.33. The molecule has 0 aromatic heterocycles. The molecule has 0 atom stereocenters.